The van der Waals surface area contributed by atoms with Crippen LogP contribution in [0.4, 0.5) is 4.79 Å². The van der Waals surface area contributed by atoms with E-state index in [1.54, 1.807) is 39.5 Å². The number of urea groups is 1. The number of likely N-dealkylation sites (N-methyl/N-ethyl adjacent to an activating group) is 1. The highest BCUT2D eigenvalue weighted by molar-refractivity contribution is 7.10. The van der Waals surface area contributed by atoms with Crippen LogP contribution in [0.1, 0.15) is 83.7 Å². The van der Waals surface area contributed by atoms with Gasteiger partial charge in [0, 0.05) is 100 Å². The molecule has 0 unspecified atom stereocenters. The molecule has 2 N–H and O–H groups in total. The average molecular weight is 831 g/mol. The molecular formula is C44H62N8O6S. The van der Waals surface area contributed by atoms with Gasteiger partial charge in [-0.25, -0.2) is 15.2 Å². The minimum atomic E-state index is -0.908. The first-order chi connectivity index (χ1) is 28.0. The summed E-state index contributed by atoms with van der Waals surface area (Å²) >= 11 is 1.44. The Morgan fingerprint density at radius 1 is 1.08 bits per heavy atom. The van der Waals surface area contributed by atoms with Crippen molar-refractivity contribution in [1.82, 2.24) is 40.1 Å². The van der Waals surface area contributed by atoms with Gasteiger partial charge in [-0.15, -0.1) is 11.3 Å². The van der Waals surface area contributed by atoms with Crippen LogP contribution in [0.5, 0.6) is 0 Å². The Kier molecular flexibility index (Phi) is 14.9. The van der Waals surface area contributed by atoms with Crippen LogP contribution in [-0.4, -0.2) is 113 Å². The molecular weight excluding hydrogens is 769 g/mol. The topological polar surface area (TPSA) is 151 Å². The van der Waals surface area contributed by atoms with E-state index in [-0.39, 0.29) is 43.0 Å². The van der Waals surface area contributed by atoms with E-state index >= 15 is 0 Å². The van der Waals surface area contributed by atoms with E-state index in [9.17, 15) is 19.2 Å². The normalized spacial score (nSPS) is 14.9. The first kappa shape index (κ1) is 45.2. The number of nitrogens with one attached hydrogen (secondary N) is 2. The fraction of sp³-hybridized carbons (Fsp3) is 0.545. The zero-order chi connectivity index (χ0) is 43.2. The molecule has 320 valence electrons. The van der Waals surface area contributed by atoms with Crippen molar-refractivity contribution in [3.63, 3.8) is 0 Å². The zero-order valence-electron chi connectivity index (χ0n) is 36.5. The molecule has 4 heterocycles. The van der Waals surface area contributed by atoms with Gasteiger partial charge in [0.05, 0.1) is 34.8 Å². The molecule has 3 aromatic heterocycles. The lowest BCUT2D eigenvalue weighted by Gasteiger charge is -2.34. The Morgan fingerprint density at radius 2 is 1.83 bits per heavy atom. The number of carbonyl (C=O) groups excluding carboxylic acids is 4. The van der Waals surface area contributed by atoms with Crippen molar-refractivity contribution >= 4 is 46.1 Å². The third-order valence-corrected chi connectivity index (χ3v) is 11.7. The van der Waals surface area contributed by atoms with Crippen molar-refractivity contribution in [2.45, 2.75) is 98.9 Å². The van der Waals surface area contributed by atoms with E-state index in [2.05, 4.69) is 60.3 Å². The predicted octanol–water partition coefficient (Wildman–Crippen LogP) is 6.48. The van der Waals surface area contributed by atoms with E-state index < -0.39 is 23.4 Å². The van der Waals surface area contributed by atoms with Crippen LogP contribution in [0.15, 0.2) is 41.9 Å². The monoisotopic (exact) mass is 830 g/mol. The van der Waals surface area contributed by atoms with Crippen LogP contribution in [0.2, 0.25) is 0 Å². The summed E-state index contributed by atoms with van der Waals surface area (Å²) in [6, 6.07) is 8.40. The summed E-state index contributed by atoms with van der Waals surface area (Å²) in [6.45, 7) is 15.7. The van der Waals surface area contributed by atoms with Gasteiger partial charge in [0.15, 0.2) is 0 Å². The molecule has 4 amide bonds. The highest BCUT2D eigenvalue weighted by Crippen LogP contribution is 2.42. The molecule has 0 aliphatic carbocycles. The van der Waals surface area contributed by atoms with Gasteiger partial charge < -0.3 is 29.2 Å². The number of fused-ring (bicyclic) bond motifs is 1. The van der Waals surface area contributed by atoms with Gasteiger partial charge >= 0.3 is 12.0 Å². The number of rotatable bonds is 16. The number of ether oxygens (including phenoxy) is 2. The SMILES string of the molecule is CCn1c(-c2cccnc2[C@H](C)OC)c(CC(C)(C)COC(C)=O)c2cc(-c3csc(C[C@H](NC(=O)[C@H](C(C)C)N(C)C(=O)N(C)C)C(=O)N4CCCCN4)n3)ccc21. The molecule has 59 heavy (non-hydrogen) atoms. The second-order valence-electron chi connectivity index (χ2n) is 16.7. The summed E-state index contributed by atoms with van der Waals surface area (Å²) in [5.41, 5.74) is 9.47. The molecule has 0 saturated carbocycles. The van der Waals surface area contributed by atoms with Crippen LogP contribution in [0.25, 0.3) is 33.4 Å². The second kappa shape index (κ2) is 19.5. The third-order valence-electron chi connectivity index (χ3n) is 10.9. The summed E-state index contributed by atoms with van der Waals surface area (Å²) in [5.74, 6) is -1.16. The molecule has 14 nitrogen and oxygen atoms in total. The molecule has 3 atom stereocenters. The number of hydrogen-bond acceptors (Lipinski definition) is 10. The summed E-state index contributed by atoms with van der Waals surface area (Å²) < 4.78 is 13.6. The highest BCUT2D eigenvalue weighted by Gasteiger charge is 2.36. The summed E-state index contributed by atoms with van der Waals surface area (Å²) in [6.07, 6.45) is 4.15. The summed E-state index contributed by atoms with van der Waals surface area (Å²) in [5, 5.41) is 8.35. The molecule has 1 saturated heterocycles. The van der Waals surface area contributed by atoms with Crippen LogP contribution < -0.4 is 10.7 Å². The Balaban J connectivity index is 1.55. The lowest BCUT2D eigenvalue weighted by molar-refractivity contribution is -0.144. The van der Waals surface area contributed by atoms with Crippen LogP contribution in [-0.2, 0) is 43.2 Å². The minimum Gasteiger partial charge on any atom is -0.465 e. The molecule has 15 heteroatoms. The summed E-state index contributed by atoms with van der Waals surface area (Å²) in [7, 11) is 6.58. The lowest BCUT2D eigenvalue weighted by Crippen LogP contribution is -2.60. The fourth-order valence-corrected chi connectivity index (χ4v) is 8.72. The van der Waals surface area contributed by atoms with Gasteiger partial charge in [0.1, 0.15) is 12.1 Å². The van der Waals surface area contributed by atoms with Crippen LogP contribution in [0.3, 0.4) is 0 Å². The van der Waals surface area contributed by atoms with Crippen molar-refractivity contribution < 1.29 is 28.7 Å². The molecule has 0 radical (unpaired) electrons. The number of aromatic nitrogens is 3. The number of thiazole rings is 1. The van der Waals surface area contributed by atoms with Gasteiger partial charge in [0.2, 0.25) is 5.91 Å². The number of hydrazine groups is 1. The van der Waals surface area contributed by atoms with Gasteiger partial charge in [-0.2, -0.15) is 0 Å². The molecule has 0 bridgehead atoms. The average Bonchev–Trinajstić information content (AvgIpc) is 3.80. The van der Waals surface area contributed by atoms with Gasteiger partial charge in [-0.3, -0.25) is 24.4 Å². The molecule has 4 aromatic rings. The third kappa shape index (κ3) is 10.5. The van der Waals surface area contributed by atoms with Crippen molar-refractivity contribution in [1.29, 1.82) is 0 Å². The number of methoxy groups -OCH3 is 1. The minimum absolute atomic E-state index is 0.180. The Hall–Kier alpha value is -4.86. The number of carbonyl (C=O) groups is 4. The van der Waals surface area contributed by atoms with Gasteiger partial charge in [-0.05, 0) is 68.9 Å². The first-order valence-corrected chi connectivity index (χ1v) is 21.4. The lowest BCUT2D eigenvalue weighted by atomic mass is 9.84. The quantitative estimate of drug-likeness (QED) is 0.121. The maximum Gasteiger partial charge on any atom is 0.319 e. The molecule has 1 aromatic carbocycles. The van der Waals surface area contributed by atoms with E-state index in [4.69, 9.17) is 19.4 Å². The van der Waals surface area contributed by atoms with E-state index in [0.717, 1.165) is 57.5 Å². The van der Waals surface area contributed by atoms with E-state index in [0.29, 0.717) is 31.1 Å². The maximum absolute atomic E-state index is 14.1. The maximum atomic E-state index is 14.1. The van der Waals surface area contributed by atoms with E-state index in [1.165, 1.54) is 28.1 Å². The van der Waals surface area contributed by atoms with Crippen molar-refractivity contribution in [2.24, 2.45) is 11.3 Å². The molecule has 1 aliphatic rings. The highest BCUT2D eigenvalue weighted by atomic mass is 32.1. The number of aryl methyl sites for hydroxylation is 1. The van der Waals surface area contributed by atoms with Crippen molar-refractivity contribution in [3.05, 3.63) is 58.2 Å². The number of benzene rings is 1. The Morgan fingerprint density at radius 3 is 2.46 bits per heavy atom. The zero-order valence-corrected chi connectivity index (χ0v) is 37.4. The number of nitrogens with zero attached hydrogens (tertiary/aromatic N) is 6. The predicted molar refractivity (Wildman–Crippen MR) is 232 cm³/mol. The second-order valence-corrected chi connectivity index (χ2v) is 17.7. The Bertz CT molecular complexity index is 2120. The van der Waals surface area contributed by atoms with Gasteiger partial charge in [-0.1, -0.05) is 33.8 Å². The van der Waals surface area contributed by atoms with Gasteiger partial charge in [0.25, 0.3) is 5.91 Å². The number of amides is 4. The number of esters is 1. The van der Waals surface area contributed by atoms with E-state index in [1.807, 2.05) is 32.2 Å². The molecule has 0 spiro atoms. The first-order valence-electron chi connectivity index (χ1n) is 20.5. The number of hydrogen-bond donors (Lipinski definition) is 2. The number of pyridine rings is 1. The summed E-state index contributed by atoms with van der Waals surface area (Å²) in [4.78, 5) is 65.5. The smallest absolute Gasteiger partial charge is 0.319 e. The van der Waals surface area contributed by atoms with Crippen LogP contribution >= 0.6 is 11.3 Å². The molecule has 5 rings (SSSR count). The van der Waals surface area contributed by atoms with Crippen LogP contribution in [0, 0.1) is 11.3 Å². The molecule has 1 fully saturated rings. The fourth-order valence-electron chi connectivity index (χ4n) is 7.87. The molecule has 1 aliphatic heterocycles. The standard InChI is InChI=1S/C44H62N8O6S/c1-12-51-36-18-17-30(22-32(36)33(24-44(6,7)26-58-29(5)53)40(51)31-16-15-19-45-38(31)28(4)57-11)35-25-59-37(47-35)23-34(42(55)52-21-14-13-20-46-52)48-41(54)39(27(2)3)50(10)43(56)49(8)9/h15-19,22,25,27-28,34,39,46H,12-14,20-21,23-24,26H2,1-11H3,(H,48,54)/t28-,34-,39-/m0/s1. The van der Waals surface area contributed by atoms with Crippen molar-refractivity contribution in [3.8, 4) is 22.5 Å². The van der Waals surface area contributed by atoms with Crippen molar-refractivity contribution in [2.75, 3.05) is 47.9 Å². The largest absolute Gasteiger partial charge is 0.465 e. The Labute approximate surface area is 352 Å².